The highest BCUT2D eigenvalue weighted by molar-refractivity contribution is 5.92. The van der Waals surface area contributed by atoms with E-state index in [0.29, 0.717) is 5.76 Å². The molecule has 0 aliphatic carbocycles. The smallest absolute Gasteiger partial charge is 0.287 e. The molecule has 0 fully saturated rings. The van der Waals surface area contributed by atoms with Crippen LogP contribution in [0.1, 0.15) is 23.0 Å². The van der Waals surface area contributed by atoms with Gasteiger partial charge in [0.2, 0.25) is 0 Å². The van der Waals surface area contributed by atoms with E-state index in [0.717, 1.165) is 5.56 Å². The Bertz CT molecular complexity index is 293. The molecular weight excluding hydrogens is 170 g/mol. The van der Waals surface area contributed by atoms with E-state index in [2.05, 4.69) is 5.32 Å². The first kappa shape index (κ1) is 9.80. The molecule has 1 amide bonds. The van der Waals surface area contributed by atoms with Crippen LogP contribution in [0, 0.1) is 6.92 Å². The van der Waals surface area contributed by atoms with Crippen LogP contribution in [0.15, 0.2) is 16.7 Å². The fraction of sp³-hybridized carbons (Fsp3) is 0.444. The molecule has 0 bridgehead atoms. The standard InChI is InChI=1S/C9H13NO3/c1-6-3-4-13-8(6)9(12)10-7(2)5-11/h3-4,7,11H,5H2,1-2H3,(H,10,12)/t7-/m0/s1. The van der Waals surface area contributed by atoms with Gasteiger partial charge in [-0.1, -0.05) is 0 Å². The van der Waals surface area contributed by atoms with Gasteiger partial charge in [0.05, 0.1) is 12.9 Å². The summed E-state index contributed by atoms with van der Waals surface area (Å²) in [4.78, 5) is 11.4. The second-order valence-corrected chi connectivity index (χ2v) is 2.99. The van der Waals surface area contributed by atoms with Crippen molar-refractivity contribution in [1.82, 2.24) is 5.32 Å². The average molecular weight is 183 g/mol. The Hall–Kier alpha value is -1.29. The van der Waals surface area contributed by atoms with Gasteiger partial charge in [-0.2, -0.15) is 0 Å². The maximum Gasteiger partial charge on any atom is 0.287 e. The summed E-state index contributed by atoms with van der Waals surface area (Å²) < 4.78 is 4.98. The highest BCUT2D eigenvalue weighted by Crippen LogP contribution is 2.08. The van der Waals surface area contributed by atoms with Crippen molar-refractivity contribution in [2.24, 2.45) is 0 Å². The van der Waals surface area contributed by atoms with Crippen LogP contribution in [0.5, 0.6) is 0 Å². The molecule has 1 aromatic heterocycles. The lowest BCUT2D eigenvalue weighted by Gasteiger charge is -2.09. The summed E-state index contributed by atoms with van der Waals surface area (Å²) in [6.07, 6.45) is 1.47. The molecule has 0 aliphatic rings. The van der Waals surface area contributed by atoms with Crippen molar-refractivity contribution in [3.8, 4) is 0 Å². The lowest BCUT2D eigenvalue weighted by molar-refractivity contribution is 0.0893. The molecule has 4 heteroatoms. The van der Waals surface area contributed by atoms with E-state index in [1.165, 1.54) is 6.26 Å². The number of aliphatic hydroxyl groups is 1. The summed E-state index contributed by atoms with van der Waals surface area (Å²) in [6.45, 7) is 3.43. The Kier molecular flexibility index (Phi) is 3.08. The zero-order valence-electron chi connectivity index (χ0n) is 7.70. The van der Waals surface area contributed by atoms with Gasteiger partial charge in [0.1, 0.15) is 0 Å². The van der Waals surface area contributed by atoms with Crippen LogP contribution in [-0.4, -0.2) is 23.7 Å². The molecule has 0 saturated carbocycles. The minimum absolute atomic E-state index is 0.0779. The van der Waals surface area contributed by atoms with E-state index < -0.39 is 0 Å². The van der Waals surface area contributed by atoms with Crippen molar-refractivity contribution < 1.29 is 14.3 Å². The van der Waals surface area contributed by atoms with Crippen molar-refractivity contribution in [3.63, 3.8) is 0 Å². The van der Waals surface area contributed by atoms with Gasteiger partial charge >= 0.3 is 0 Å². The Morgan fingerprint density at radius 2 is 2.46 bits per heavy atom. The molecule has 0 spiro atoms. The molecule has 1 atom stereocenters. The summed E-state index contributed by atoms with van der Waals surface area (Å²) in [7, 11) is 0. The molecule has 0 saturated heterocycles. The summed E-state index contributed by atoms with van der Waals surface area (Å²) in [5.41, 5.74) is 0.794. The van der Waals surface area contributed by atoms with Gasteiger partial charge in [0, 0.05) is 11.6 Å². The Balaban J connectivity index is 2.64. The van der Waals surface area contributed by atoms with Crippen molar-refractivity contribution >= 4 is 5.91 Å². The topological polar surface area (TPSA) is 62.5 Å². The zero-order valence-corrected chi connectivity index (χ0v) is 7.70. The predicted octanol–water partition coefficient (Wildman–Crippen LogP) is 0.699. The van der Waals surface area contributed by atoms with E-state index in [1.54, 1.807) is 19.9 Å². The molecule has 0 aromatic carbocycles. The number of amides is 1. The van der Waals surface area contributed by atoms with Crippen LogP contribution < -0.4 is 5.32 Å². The molecule has 0 aliphatic heterocycles. The van der Waals surface area contributed by atoms with Crippen molar-refractivity contribution in [3.05, 3.63) is 23.7 Å². The van der Waals surface area contributed by atoms with Gasteiger partial charge in [-0.05, 0) is 19.9 Å². The average Bonchev–Trinajstić information content (AvgIpc) is 2.51. The van der Waals surface area contributed by atoms with Crippen LogP contribution in [0.2, 0.25) is 0 Å². The number of hydrogen-bond acceptors (Lipinski definition) is 3. The first-order valence-corrected chi connectivity index (χ1v) is 4.11. The van der Waals surface area contributed by atoms with Crippen molar-refractivity contribution in [2.45, 2.75) is 19.9 Å². The third-order valence-electron chi connectivity index (χ3n) is 1.72. The van der Waals surface area contributed by atoms with Crippen molar-refractivity contribution in [2.75, 3.05) is 6.61 Å². The Morgan fingerprint density at radius 1 is 1.77 bits per heavy atom. The number of hydrogen-bond donors (Lipinski definition) is 2. The lowest BCUT2D eigenvalue weighted by atomic mass is 10.2. The molecule has 0 radical (unpaired) electrons. The first-order valence-electron chi connectivity index (χ1n) is 4.11. The number of rotatable bonds is 3. The predicted molar refractivity (Wildman–Crippen MR) is 47.5 cm³/mol. The van der Waals surface area contributed by atoms with E-state index in [4.69, 9.17) is 9.52 Å². The number of furan rings is 1. The van der Waals surface area contributed by atoms with Crippen molar-refractivity contribution in [1.29, 1.82) is 0 Å². The summed E-state index contributed by atoms with van der Waals surface area (Å²) >= 11 is 0. The SMILES string of the molecule is Cc1ccoc1C(=O)N[C@@H](C)CO. The normalized spacial score (nSPS) is 12.5. The maximum absolute atomic E-state index is 11.4. The van der Waals surface area contributed by atoms with Gasteiger partial charge in [-0.25, -0.2) is 0 Å². The molecule has 2 N–H and O–H groups in total. The Morgan fingerprint density at radius 3 is 2.92 bits per heavy atom. The van der Waals surface area contributed by atoms with Crippen LogP contribution in [0.25, 0.3) is 0 Å². The Labute approximate surface area is 76.6 Å². The fourth-order valence-electron chi connectivity index (χ4n) is 0.940. The third kappa shape index (κ3) is 2.32. The third-order valence-corrected chi connectivity index (χ3v) is 1.72. The van der Waals surface area contributed by atoms with E-state index >= 15 is 0 Å². The number of aliphatic hydroxyl groups excluding tert-OH is 1. The lowest BCUT2D eigenvalue weighted by Crippen LogP contribution is -2.35. The highest BCUT2D eigenvalue weighted by Gasteiger charge is 2.13. The molecule has 1 aromatic rings. The fourth-order valence-corrected chi connectivity index (χ4v) is 0.940. The minimum atomic E-state index is -0.288. The van der Waals surface area contributed by atoms with E-state index in [1.807, 2.05) is 0 Å². The molecule has 72 valence electrons. The van der Waals surface area contributed by atoms with E-state index in [-0.39, 0.29) is 18.6 Å². The van der Waals surface area contributed by atoms with Crippen LogP contribution >= 0.6 is 0 Å². The molecule has 1 heterocycles. The van der Waals surface area contributed by atoms with E-state index in [9.17, 15) is 4.79 Å². The van der Waals surface area contributed by atoms with Crippen LogP contribution in [0.4, 0.5) is 0 Å². The largest absolute Gasteiger partial charge is 0.459 e. The number of carbonyl (C=O) groups is 1. The summed E-state index contributed by atoms with van der Waals surface area (Å²) in [5.74, 6) is 0.0179. The molecule has 4 nitrogen and oxygen atoms in total. The highest BCUT2D eigenvalue weighted by atomic mass is 16.3. The van der Waals surface area contributed by atoms with Gasteiger partial charge in [-0.15, -0.1) is 0 Å². The minimum Gasteiger partial charge on any atom is -0.459 e. The van der Waals surface area contributed by atoms with Gasteiger partial charge in [0.15, 0.2) is 5.76 Å². The second-order valence-electron chi connectivity index (χ2n) is 2.99. The molecular formula is C9H13NO3. The van der Waals surface area contributed by atoms with Gasteiger partial charge in [0.25, 0.3) is 5.91 Å². The van der Waals surface area contributed by atoms with Gasteiger partial charge in [-0.3, -0.25) is 4.79 Å². The monoisotopic (exact) mass is 183 g/mol. The summed E-state index contributed by atoms with van der Waals surface area (Å²) in [6, 6.07) is 1.47. The van der Waals surface area contributed by atoms with Crippen LogP contribution in [-0.2, 0) is 0 Å². The quantitative estimate of drug-likeness (QED) is 0.725. The molecule has 1 rings (SSSR count). The van der Waals surface area contributed by atoms with Gasteiger partial charge < -0.3 is 14.8 Å². The zero-order chi connectivity index (χ0) is 9.84. The maximum atomic E-state index is 11.4. The molecule has 0 unspecified atom stereocenters. The number of nitrogens with one attached hydrogen (secondary N) is 1. The number of aryl methyl sites for hydroxylation is 1. The summed E-state index contributed by atoms with van der Waals surface area (Å²) in [5, 5.41) is 11.3. The molecule has 13 heavy (non-hydrogen) atoms. The first-order chi connectivity index (χ1) is 6.15. The number of carbonyl (C=O) groups excluding carboxylic acids is 1. The van der Waals surface area contributed by atoms with Crippen LogP contribution in [0.3, 0.4) is 0 Å². The second kappa shape index (κ2) is 4.09.